The molecule has 0 aliphatic rings. The first-order valence-corrected chi connectivity index (χ1v) is 4.95. The van der Waals surface area contributed by atoms with Gasteiger partial charge in [-0.1, -0.05) is 18.7 Å². The van der Waals surface area contributed by atoms with Crippen LogP contribution in [0.5, 0.6) is 0 Å². The average Bonchev–Trinajstić information content (AvgIpc) is 2.47. The molecule has 0 unspecified atom stereocenters. The number of aromatic nitrogens is 3. The van der Waals surface area contributed by atoms with Gasteiger partial charge in [0.25, 0.3) is 0 Å². The number of aryl methyl sites for hydroxylation is 1. The monoisotopic (exact) mass is 186 g/mol. The highest BCUT2D eigenvalue weighted by molar-refractivity contribution is 7.99. The van der Waals surface area contributed by atoms with Gasteiger partial charge in [0.15, 0.2) is 5.16 Å². The van der Waals surface area contributed by atoms with Gasteiger partial charge in [-0.05, 0) is 6.42 Å². The van der Waals surface area contributed by atoms with Gasteiger partial charge in [0.05, 0.1) is 0 Å². The van der Waals surface area contributed by atoms with Gasteiger partial charge in [-0.15, -0.1) is 10.2 Å². The highest BCUT2D eigenvalue weighted by Gasteiger charge is 2.04. The van der Waals surface area contributed by atoms with Gasteiger partial charge in [0.1, 0.15) is 6.33 Å². The van der Waals surface area contributed by atoms with Crippen LogP contribution >= 0.6 is 11.8 Å². The van der Waals surface area contributed by atoms with Crippen LogP contribution in [0.15, 0.2) is 11.5 Å². The molecule has 0 amide bonds. The Morgan fingerprint density at radius 2 is 2.50 bits per heavy atom. The molecule has 1 atom stereocenters. The van der Waals surface area contributed by atoms with Crippen molar-refractivity contribution in [2.24, 2.45) is 12.8 Å². The van der Waals surface area contributed by atoms with Crippen molar-refractivity contribution < 1.29 is 0 Å². The summed E-state index contributed by atoms with van der Waals surface area (Å²) in [7, 11) is 1.93. The molecule has 2 N–H and O–H groups in total. The fourth-order valence-electron chi connectivity index (χ4n) is 0.703. The summed E-state index contributed by atoms with van der Waals surface area (Å²) in [6.45, 7) is 2.09. The summed E-state index contributed by atoms with van der Waals surface area (Å²) in [5.74, 6) is 0.906. The molecule has 68 valence electrons. The van der Waals surface area contributed by atoms with E-state index in [-0.39, 0.29) is 6.04 Å². The summed E-state index contributed by atoms with van der Waals surface area (Å²) in [6.07, 6.45) is 2.70. The Balaban J connectivity index is 2.38. The van der Waals surface area contributed by atoms with Crippen LogP contribution in [0.3, 0.4) is 0 Å². The summed E-state index contributed by atoms with van der Waals surface area (Å²) < 4.78 is 1.90. The molecule has 0 bridgehead atoms. The van der Waals surface area contributed by atoms with Crippen molar-refractivity contribution in [1.29, 1.82) is 0 Å². The van der Waals surface area contributed by atoms with Crippen molar-refractivity contribution in [2.75, 3.05) is 5.75 Å². The zero-order valence-corrected chi connectivity index (χ0v) is 8.21. The zero-order valence-electron chi connectivity index (χ0n) is 7.40. The van der Waals surface area contributed by atoms with Crippen molar-refractivity contribution >= 4 is 11.8 Å². The molecule has 0 aromatic carbocycles. The summed E-state index contributed by atoms with van der Waals surface area (Å²) in [5.41, 5.74) is 5.76. The summed E-state index contributed by atoms with van der Waals surface area (Å²) in [5, 5.41) is 8.65. The predicted octanol–water partition coefficient (Wildman–Crippen LogP) is 0.644. The fraction of sp³-hybridized carbons (Fsp3) is 0.714. The number of rotatable bonds is 4. The van der Waals surface area contributed by atoms with Crippen LogP contribution in [-0.2, 0) is 7.05 Å². The second kappa shape index (κ2) is 4.47. The molecule has 1 rings (SSSR count). The minimum atomic E-state index is 0.256. The maximum Gasteiger partial charge on any atom is 0.190 e. The Morgan fingerprint density at radius 3 is 3.00 bits per heavy atom. The molecular formula is C7H14N4S. The van der Waals surface area contributed by atoms with Crippen molar-refractivity contribution in [2.45, 2.75) is 24.5 Å². The Morgan fingerprint density at radius 1 is 1.75 bits per heavy atom. The highest BCUT2D eigenvalue weighted by Crippen LogP contribution is 2.14. The smallest absolute Gasteiger partial charge is 0.190 e. The van der Waals surface area contributed by atoms with Crippen molar-refractivity contribution in [1.82, 2.24) is 14.8 Å². The molecule has 1 heterocycles. The Kier molecular flexibility index (Phi) is 3.55. The first-order valence-electron chi connectivity index (χ1n) is 3.96. The topological polar surface area (TPSA) is 56.7 Å². The van der Waals surface area contributed by atoms with Crippen LogP contribution in [0, 0.1) is 0 Å². The SMILES string of the molecule is CC[C@H](N)CSc1nncn1C. The number of nitrogens with two attached hydrogens (primary N) is 1. The molecule has 4 nitrogen and oxygen atoms in total. The largest absolute Gasteiger partial charge is 0.327 e. The fourth-order valence-corrected chi connectivity index (χ4v) is 1.66. The average molecular weight is 186 g/mol. The Hall–Kier alpha value is -0.550. The molecule has 5 heteroatoms. The van der Waals surface area contributed by atoms with Gasteiger partial charge in [0, 0.05) is 18.8 Å². The normalized spacial score (nSPS) is 13.2. The van der Waals surface area contributed by atoms with E-state index < -0.39 is 0 Å². The minimum Gasteiger partial charge on any atom is -0.327 e. The quantitative estimate of drug-likeness (QED) is 0.701. The van der Waals surface area contributed by atoms with E-state index in [9.17, 15) is 0 Å². The maximum atomic E-state index is 5.76. The lowest BCUT2D eigenvalue weighted by molar-refractivity contribution is 0.719. The zero-order chi connectivity index (χ0) is 8.97. The predicted molar refractivity (Wildman–Crippen MR) is 50.0 cm³/mol. The van der Waals surface area contributed by atoms with E-state index >= 15 is 0 Å². The molecule has 0 saturated carbocycles. The number of thioether (sulfide) groups is 1. The lowest BCUT2D eigenvalue weighted by Gasteiger charge is -2.06. The summed E-state index contributed by atoms with van der Waals surface area (Å²) in [4.78, 5) is 0. The third-order valence-corrected chi connectivity index (χ3v) is 2.84. The molecule has 12 heavy (non-hydrogen) atoms. The maximum absolute atomic E-state index is 5.76. The van der Waals surface area contributed by atoms with Crippen LogP contribution in [-0.4, -0.2) is 26.6 Å². The van der Waals surface area contributed by atoms with Crippen LogP contribution < -0.4 is 5.73 Å². The highest BCUT2D eigenvalue weighted by atomic mass is 32.2. The van der Waals surface area contributed by atoms with Crippen molar-refractivity contribution in [3.05, 3.63) is 6.33 Å². The number of hydrogen-bond acceptors (Lipinski definition) is 4. The van der Waals surface area contributed by atoms with Gasteiger partial charge in [-0.3, -0.25) is 0 Å². The third kappa shape index (κ3) is 2.49. The van der Waals surface area contributed by atoms with Gasteiger partial charge in [0.2, 0.25) is 0 Å². The Labute approximate surface area is 76.5 Å². The van der Waals surface area contributed by atoms with Gasteiger partial charge in [-0.2, -0.15) is 0 Å². The first-order chi connectivity index (χ1) is 5.74. The number of nitrogens with zero attached hydrogens (tertiary/aromatic N) is 3. The second-order valence-electron chi connectivity index (χ2n) is 2.70. The van der Waals surface area contributed by atoms with Gasteiger partial charge in [-0.25, -0.2) is 0 Å². The molecule has 0 radical (unpaired) electrons. The van der Waals surface area contributed by atoms with Crippen LogP contribution in [0.4, 0.5) is 0 Å². The van der Waals surface area contributed by atoms with E-state index in [1.165, 1.54) is 0 Å². The summed E-state index contributed by atoms with van der Waals surface area (Å²) >= 11 is 1.65. The van der Waals surface area contributed by atoms with Gasteiger partial charge >= 0.3 is 0 Å². The molecule has 0 aliphatic carbocycles. The molecule has 0 spiro atoms. The standard InChI is InChI=1S/C7H14N4S/c1-3-6(8)4-12-7-10-9-5-11(7)2/h5-6H,3-4,8H2,1-2H3/t6-/m0/s1. The molecule has 1 aromatic heterocycles. The molecule has 0 fully saturated rings. The Bertz CT molecular complexity index is 235. The molecule has 0 aliphatic heterocycles. The van der Waals surface area contributed by atoms with E-state index in [1.807, 2.05) is 11.6 Å². The van der Waals surface area contributed by atoms with E-state index in [2.05, 4.69) is 17.1 Å². The van der Waals surface area contributed by atoms with Crippen LogP contribution in [0.25, 0.3) is 0 Å². The second-order valence-corrected chi connectivity index (χ2v) is 3.69. The van der Waals surface area contributed by atoms with E-state index in [0.717, 1.165) is 17.3 Å². The van der Waals surface area contributed by atoms with E-state index in [1.54, 1.807) is 18.1 Å². The molecular weight excluding hydrogens is 172 g/mol. The van der Waals surface area contributed by atoms with Gasteiger partial charge < -0.3 is 10.3 Å². The van der Waals surface area contributed by atoms with E-state index in [0.29, 0.717) is 0 Å². The van der Waals surface area contributed by atoms with E-state index in [4.69, 9.17) is 5.73 Å². The molecule has 1 aromatic rings. The van der Waals surface area contributed by atoms with Crippen LogP contribution in [0.1, 0.15) is 13.3 Å². The lowest BCUT2D eigenvalue weighted by atomic mass is 10.3. The molecule has 0 saturated heterocycles. The number of hydrogen-bond donors (Lipinski definition) is 1. The lowest BCUT2D eigenvalue weighted by Crippen LogP contribution is -2.21. The first kappa shape index (κ1) is 9.54. The van der Waals surface area contributed by atoms with Crippen molar-refractivity contribution in [3.8, 4) is 0 Å². The third-order valence-electron chi connectivity index (χ3n) is 1.62. The minimum absolute atomic E-state index is 0.256. The van der Waals surface area contributed by atoms with Crippen LogP contribution in [0.2, 0.25) is 0 Å². The summed E-state index contributed by atoms with van der Waals surface area (Å²) in [6, 6.07) is 0.256. The van der Waals surface area contributed by atoms with Crippen molar-refractivity contribution in [3.63, 3.8) is 0 Å².